The van der Waals surface area contributed by atoms with E-state index < -0.39 is 6.04 Å². The highest BCUT2D eigenvalue weighted by molar-refractivity contribution is 7.99. The molecule has 2 N–H and O–H groups in total. The Bertz CT molecular complexity index is 1320. The summed E-state index contributed by atoms with van der Waals surface area (Å²) < 4.78 is 19.5. The van der Waals surface area contributed by atoms with Crippen molar-refractivity contribution in [1.29, 1.82) is 0 Å². The van der Waals surface area contributed by atoms with Crippen molar-refractivity contribution < 1.29 is 19.0 Å². The Labute approximate surface area is 234 Å². The van der Waals surface area contributed by atoms with E-state index in [1.807, 2.05) is 63.2 Å². The minimum atomic E-state index is -0.539. The zero-order valence-corrected chi connectivity index (χ0v) is 24.1. The first-order valence-electron chi connectivity index (χ1n) is 13.5. The molecule has 1 amide bonds. The highest BCUT2D eigenvalue weighted by Crippen LogP contribution is 2.40. The second-order valence-corrected chi connectivity index (χ2v) is 10.1. The lowest BCUT2D eigenvalue weighted by Gasteiger charge is -2.29. The Morgan fingerprint density at radius 2 is 1.79 bits per heavy atom. The van der Waals surface area contributed by atoms with Gasteiger partial charge in [0.1, 0.15) is 11.8 Å². The molecule has 0 spiro atoms. The molecule has 10 heteroatoms. The summed E-state index contributed by atoms with van der Waals surface area (Å²) in [6.07, 6.45) is 2.00. The smallest absolute Gasteiger partial charge is 0.255 e. The summed E-state index contributed by atoms with van der Waals surface area (Å²) in [6.45, 7) is 11.5. The van der Waals surface area contributed by atoms with Crippen LogP contribution in [0.25, 0.3) is 0 Å². The van der Waals surface area contributed by atoms with E-state index in [-0.39, 0.29) is 5.91 Å². The van der Waals surface area contributed by atoms with E-state index in [0.717, 1.165) is 24.2 Å². The van der Waals surface area contributed by atoms with E-state index in [1.54, 1.807) is 16.4 Å². The summed E-state index contributed by atoms with van der Waals surface area (Å²) in [5.74, 6) is 3.09. The van der Waals surface area contributed by atoms with Crippen LogP contribution in [0.1, 0.15) is 59.1 Å². The number of allylic oxidation sites excluding steroid dienone is 1. The fraction of sp³-hybridized carbons (Fsp3) is 0.414. The lowest BCUT2D eigenvalue weighted by Crippen LogP contribution is -2.31. The summed E-state index contributed by atoms with van der Waals surface area (Å²) in [7, 11) is 0. The Kier molecular flexibility index (Phi) is 9.75. The second kappa shape index (κ2) is 13.4. The number of aromatic nitrogens is 3. The molecule has 1 unspecified atom stereocenters. The molecule has 1 aliphatic rings. The van der Waals surface area contributed by atoms with Crippen LogP contribution >= 0.6 is 11.8 Å². The number of carbonyl (C=O) groups excluding carboxylic acids is 1. The van der Waals surface area contributed by atoms with Crippen LogP contribution in [-0.2, 0) is 4.79 Å². The van der Waals surface area contributed by atoms with Crippen LogP contribution in [0.2, 0.25) is 0 Å². The van der Waals surface area contributed by atoms with Gasteiger partial charge in [-0.25, -0.2) is 4.68 Å². The van der Waals surface area contributed by atoms with Gasteiger partial charge in [0, 0.05) is 5.70 Å². The normalized spacial score (nSPS) is 14.4. The molecule has 0 saturated heterocycles. The molecule has 208 valence electrons. The molecule has 2 aromatic carbocycles. The Hall–Kier alpha value is -3.66. The van der Waals surface area contributed by atoms with Crippen LogP contribution in [0.4, 0.5) is 11.6 Å². The topological polar surface area (TPSA) is 99.5 Å². The number of nitrogens with zero attached hydrogens (tertiary/aromatic N) is 3. The monoisotopic (exact) mass is 551 g/mol. The number of rotatable bonds is 13. The standard InChI is InChI=1S/C29H37N5O4S/c1-6-10-17-38-23-16-15-20(18-24(23)37-8-3)26-25(19(5)30-28-32-29(39-9-4)33-34(26)28)27(35)31-21-13-11-12-14-22(21)36-7-2/h11-16,18,26H,6-10,17H2,1-5H3,(H,31,35)(H,30,32,33). The van der Waals surface area contributed by atoms with E-state index in [9.17, 15) is 4.79 Å². The molecule has 1 aromatic heterocycles. The first-order valence-corrected chi connectivity index (χ1v) is 14.5. The van der Waals surface area contributed by atoms with Gasteiger partial charge in [-0.05, 0) is 62.8 Å². The summed E-state index contributed by atoms with van der Waals surface area (Å²) in [5, 5.41) is 11.8. The zero-order chi connectivity index (χ0) is 27.8. The number of fused-ring (bicyclic) bond motifs is 1. The van der Waals surface area contributed by atoms with Crippen molar-refractivity contribution in [2.45, 2.75) is 58.7 Å². The van der Waals surface area contributed by atoms with Gasteiger partial charge >= 0.3 is 0 Å². The number of nitrogens with one attached hydrogen (secondary N) is 2. The lowest BCUT2D eigenvalue weighted by atomic mass is 9.94. The van der Waals surface area contributed by atoms with Crippen LogP contribution in [0.5, 0.6) is 17.2 Å². The van der Waals surface area contributed by atoms with Crippen molar-refractivity contribution >= 4 is 29.3 Å². The molecule has 0 fully saturated rings. The number of carbonyl (C=O) groups is 1. The van der Waals surface area contributed by atoms with Crippen molar-refractivity contribution in [3.05, 3.63) is 59.3 Å². The first-order chi connectivity index (χ1) is 19.0. The van der Waals surface area contributed by atoms with Gasteiger partial charge in [0.15, 0.2) is 11.5 Å². The minimum absolute atomic E-state index is 0.260. The van der Waals surface area contributed by atoms with Crippen LogP contribution < -0.4 is 24.8 Å². The molecule has 1 atom stereocenters. The summed E-state index contributed by atoms with van der Waals surface area (Å²) in [4.78, 5) is 18.6. The summed E-state index contributed by atoms with van der Waals surface area (Å²) >= 11 is 1.55. The van der Waals surface area contributed by atoms with Gasteiger partial charge in [-0.3, -0.25) is 4.79 Å². The molecule has 9 nitrogen and oxygen atoms in total. The fourth-order valence-electron chi connectivity index (χ4n) is 4.37. The first kappa shape index (κ1) is 28.4. The predicted octanol–water partition coefficient (Wildman–Crippen LogP) is 6.29. The average molecular weight is 552 g/mol. The minimum Gasteiger partial charge on any atom is -0.492 e. The summed E-state index contributed by atoms with van der Waals surface area (Å²) in [5.41, 5.74) is 2.66. The Morgan fingerprint density at radius 1 is 1.03 bits per heavy atom. The molecule has 0 bridgehead atoms. The van der Waals surface area contributed by atoms with E-state index in [2.05, 4.69) is 29.5 Å². The maximum absolute atomic E-state index is 13.9. The lowest BCUT2D eigenvalue weighted by molar-refractivity contribution is -0.113. The van der Waals surface area contributed by atoms with Crippen LogP contribution in [0.3, 0.4) is 0 Å². The number of anilines is 2. The molecule has 3 aromatic rings. The third-order valence-electron chi connectivity index (χ3n) is 6.13. The Balaban J connectivity index is 1.77. The SMILES string of the molecule is CCCCOc1ccc(C2C(C(=O)Nc3ccccc3OCC)=C(C)Nc3nc(SCC)nn32)cc1OCC. The van der Waals surface area contributed by atoms with Gasteiger partial charge < -0.3 is 24.8 Å². The molecule has 1 aliphatic heterocycles. The van der Waals surface area contributed by atoms with Crippen molar-refractivity contribution in [3.8, 4) is 17.2 Å². The predicted molar refractivity (Wildman–Crippen MR) is 155 cm³/mol. The molecule has 0 radical (unpaired) electrons. The molecule has 2 heterocycles. The number of thioether (sulfide) groups is 1. The summed E-state index contributed by atoms with van der Waals surface area (Å²) in [6, 6.07) is 12.7. The third kappa shape index (κ3) is 6.50. The number of amides is 1. The van der Waals surface area contributed by atoms with Crippen molar-refractivity contribution in [1.82, 2.24) is 14.8 Å². The van der Waals surface area contributed by atoms with Gasteiger partial charge in [-0.1, -0.05) is 50.2 Å². The zero-order valence-electron chi connectivity index (χ0n) is 23.2. The second-order valence-electron chi connectivity index (χ2n) is 8.89. The van der Waals surface area contributed by atoms with E-state index in [1.165, 1.54) is 0 Å². The van der Waals surface area contributed by atoms with Crippen LogP contribution in [-0.4, -0.2) is 46.2 Å². The van der Waals surface area contributed by atoms with Crippen molar-refractivity contribution in [2.24, 2.45) is 0 Å². The quantitative estimate of drug-likeness (QED) is 0.189. The average Bonchev–Trinajstić information content (AvgIpc) is 3.32. The van der Waals surface area contributed by atoms with E-state index in [4.69, 9.17) is 19.3 Å². The molecule has 4 rings (SSSR count). The van der Waals surface area contributed by atoms with Gasteiger partial charge in [-0.2, -0.15) is 4.98 Å². The number of ether oxygens (including phenoxy) is 3. The number of hydrogen-bond acceptors (Lipinski definition) is 8. The number of para-hydroxylation sites is 2. The van der Waals surface area contributed by atoms with Gasteiger partial charge in [0.25, 0.3) is 5.91 Å². The third-order valence-corrected chi connectivity index (χ3v) is 6.84. The van der Waals surface area contributed by atoms with Gasteiger partial charge in [-0.15, -0.1) is 5.10 Å². The molecular formula is C29H37N5O4S. The van der Waals surface area contributed by atoms with Crippen molar-refractivity contribution in [2.75, 3.05) is 36.2 Å². The van der Waals surface area contributed by atoms with E-state index >= 15 is 0 Å². The highest BCUT2D eigenvalue weighted by Gasteiger charge is 2.35. The number of hydrogen-bond donors (Lipinski definition) is 2. The maximum atomic E-state index is 13.9. The largest absolute Gasteiger partial charge is 0.492 e. The maximum Gasteiger partial charge on any atom is 0.255 e. The molecule has 0 saturated carbocycles. The molecular weight excluding hydrogens is 514 g/mol. The van der Waals surface area contributed by atoms with Gasteiger partial charge in [0.2, 0.25) is 11.1 Å². The van der Waals surface area contributed by atoms with Crippen molar-refractivity contribution in [3.63, 3.8) is 0 Å². The van der Waals surface area contributed by atoms with Crippen LogP contribution in [0, 0.1) is 0 Å². The van der Waals surface area contributed by atoms with Gasteiger partial charge in [0.05, 0.1) is 31.1 Å². The highest BCUT2D eigenvalue weighted by atomic mass is 32.2. The Morgan fingerprint density at radius 3 is 2.54 bits per heavy atom. The molecule has 39 heavy (non-hydrogen) atoms. The molecule has 0 aliphatic carbocycles. The van der Waals surface area contributed by atoms with Crippen LogP contribution in [0.15, 0.2) is 58.9 Å². The number of unbranched alkanes of at least 4 members (excludes halogenated alkanes) is 1. The van der Waals surface area contributed by atoms with E-state index in [0.29, 0.717) is 65.1 Å². The fourth-order valence-corrected chi connectivity index (χ4v) is 4.93. The number of benzene rings is 2.